The van der Waals surface area contributed by atoms with Gasteiger partial charge in [-0.1, -0.05) is 24.3 Å². The summed E-state index contributed by atoms with van der Waals surface area (Å²) < 4.78 is 0. The molecule has 0 spiro atoms. The molecule has 2 nitrogen and oxygen atoms in total. The van der Waals surface area contributed by atoms with Crippen LogP contribution in [0.3, 0.4) is 0 Å². The third-order valence-corrected chi connectivity index (χ3v) is 2.06. The lowest BCUT2D eigenvalue weighted by Gasteiger charge is -2.21. The van der Waals surface area contributed by atoms with Crippen LogP contribution < -0.4 is 5.32 Å². The van der Waals surface area contributed by atoms with Crippen LogP contribution in [0.1, 0.15) is 11.1 Å². The van der Waals surface area contributed by atoms with E-state index in [0.29, 0.717) is 0 Å². The summed E-state index contributed by atoms with van der Waals surface area (Å²) >= 11 is 0. The van der Waals surface area contributed by atoms with E-state index < -0.39 is 0 Å². The molecule has 1 aromatic rings. The molecule has 0 saturated carbocycles. The molecular formula is C9H11NO. The van der Waals surface area contributed by atoms with Crippen molar-refractivity contribution in [2.24, 2.45) is 0 Å². The third-order valence-electron chi connectivity index (χ3n) is 2.06. The molecule has 1 aliphatic heterocycles. The van der Waals surface area contributed by atoms with Gasteiger partial charge >= 0.3 is 0 Å². The first-order chi connectivity index (χ1) is 5.36. The highest BCUT2D eigenvalue weighted by molar-refractivity contribution is 5.29. The number of aliphatic hydroxyl groups is 1. The van der Waals surface area contributed by atoms with Crippen molar-refractivity contribution < 1.29 is 5.11 Å². The predicted molar refractivity (Wildman–Crippen MR) is 43.0 cm³/mol. The van der Waals surface area contributed by atoms with Crippen LogP contribution in [0.5, 0.6) is 0 Å². The predicted octanol–water partition coefficient (Wildman–Crippen LogP) is 0.651. The average molecular weight is 149 g/mol. The lowest BCUT2D eigenvalue weighted by Crippen LogP contribution is -2.34. The smallest absolute Gasteiger partial charge is 0.109 e. The molecule has 0 amide bonds. The highest BCUT2D eigenvalue weighted by Crippen LogP contribution is 2.14. The van der Waals surface area contributed by atoms with Crippen molar-refractivity contribution >= 4 is 0 Å². The number of hydrogen-bond acceptors (Lipinski definition) is 2. The lowest BCUT2D eigenvalue weighted by molar-refractivity contribution is 0.128. The summed E-state index contributed by atoms with van der Waals surface area (Å²) in [5, 5.41) is 12.2. The molecule has 2 rings (SSSR count). The first-order valence-electron chi connectivity index (χ1n) is 3.84. The Morgan fingerprint density at radius 1 is 1.27 bits per heavy atom. The van der Waals surface area contributed by atoms with Gasteiger partial charge in [0, 0.05) is 13.0 Å². The summed E-state index contributed by atoms with van der Waals surface area (Å²) in [5.41, 5.74) is 2.57. The van der Waals surface area contributed by atoms with Crippen LogP contribution in [0.25, 0.3) is 0 Å². The van der Waals surface area contributed by atoms with Gasteiger partial charge in [0.2, 0.25) is 0 Å². The fraction of sp³-hybridized carbons (Fsp3) is 0.333. The van der Waals surface area contributed by atoms with Gasteiger partial charge in [-0.3, -0.25) is 5.32 Å². The monoisotopic (exact) mass is 149 g/mol. The van der Waals surface area contributed by atoms with Gasteiger partial charge in [0.05, 0.1) is 0 Å². The largest absolute Gasteiger partial charge is 0.378 e. The third kappa shape index (κ3) is 1.27. The van der Waals surface area contributed by atoms with Gasteiger partial charge in [0.1, 0.15) is 6.23 Å². The zero-order chi connectivity index (χ0) is 7.68. The van der Waals surface area contributed by atoms with E-state index in [2.05, 4.69) is 17.4 Å². The summed E-state index contributed by atoms with van der Waals surface area (Å²) in [7, 11) is 0. The van der Waals surface area contributed by atoms with Crippen LogP contribution in [0.2, 0.25) is 0 Å². The van der Waals surface area contributed by atoms with E-state index in [1.165, 1.54) is 11.1 Å². The van der Waals surface area contributed by atoms with Crippen molar-refractivity contribution in [1.82, 2.24) is 5.32 Å². The minimum atomic E-state index is -0.357. The average Bonchev–Trinajstić information content (AvgIpc) is 2.04. The van der Waals surface area contributed by atoms with Gasteiger partial charge in [0.15, 0.2) is 0 Å². The molecule has 1 heterocycles. The SMILES string of the molecule is OC1Cc2ccccc2CN1. The molecule has 0 saturated heterocycles. The first-order valence-corrected chi connectivity index (χ1v) is 3.84. The Morgan fingerprint density at radius 3 is 2.82 bits per heavy atom. The standard InChI is InChI=1S/C9H11NO/c11-9-5-7-3-1-2-4-8(7)6-10-9/h1-4,9-11H,5-6H2. The Kier molecular flexibility index (Phi) is 1.64. The van der Waals surface area contributed by atoms with Crippen molar-refractivity contribution in [3.05, 3.63) is 35.4 Å². The van der Waals surface area contributed by atoms with Gasteiger partial charge in [-0.15, -0.1) is 0 Å². The molecular weight excluding hydrogens is 138 g/mol. The molecule has 1 atom stereocenters. The molecule has 0 aromatic heterocycles. The number of fused-ring (bicyclic) bond motifs is 1. The van der Waals surface area contributed by atoms with Crippen molar-refractivity contribution in [3.63, 3.8) is 0 Å². The maximum Gasteiger partial charge on any atom is 0.109 e. The van der Waals surface area contributed by atoms with E-state index in [0.717, 1.165) is 13.0 Å². The summed E-state index contributed by atoms with van der Waals surface area (Å²) in [6.45, 7) is 0.789. The molecule has 0 radical (unpaired) electrons. The minimum Gasteiger partial charge on any atom is -0.378 e. The van der Waals surface area contributed by atoms with Crippen molar-refractivity contribution in [3.8, 4) is 0 Å². The van der Waals surface area contributed by atoms with Gasteiger partial charge in [-0.25, -0.2) is 0 Å². The van der Waals surface area contributed by atoms with Crippen LogP contribution in [0, 0.1) is 0 Å². The van der Waals surface area contributed by atoms with E-state index in [9.17, 15) is 5.11 Å². The first kappa shape index (κ1) is 6.83. The van der Waals surface area contributed by atoms with Crippen LogP contribution >= 0.6 is 0 Å². The van der Waals surface area contributed by atoms with Crippen LogP contribution in [0.4, 0.5) is 0 Å². The maximum atomic E-state index is 9.24. The van der Waals surface area contributed by atoms with E-state index in [1.807, 2.05) is 12.1 Å². The van der Waals surface area contributed by atoms with Gasteiger partial charge in [0.25, 0.3) is 0 Å². The molecule has 0 fully saturated rings. The second kappa shape index (κ2) is 2.64. The molecule has 2 N–H and O–H groups in total. The maximum absolute atomic E-state index is 9.24. The van der Waals surface area contributed by atoms with Gasteiger partial charge in [-0.05, 0) is 11.1 Å². The molecule has 0 bridgehead atoms. The number of benzene rings is 1. The highest BCUT2D eigenvalue weighted by Gasteiger charge is 2.13. The van der Waals surface area contributed by atoms with Gasteiger partial charge in [-0.2, -0.15) is 0 Å². The number of rotatable bonds is 0. The molecule has 1 aliphatic rings. The minimum absolute atomic E-state index is 0.357. The van der Waals surface area contributed by atoms with Crippen molar-refractivity contribution in [1.29, 1.82) is 0 Å². The molecule has 58 valence electrons. The van der Waals surface area contributed by atoms with E-state index in [4.69, 9.17) is 0 Å². The van der Waals surface area contributed by atoms with Crippen LogP contribution in [-0.2, 0) is 13.0 Å². The number of aliphatic hydroxyl groups excluding tert-OH is 1. The normalized spacial score (nSPS) is 22.8. The molecule has 1 aromatic carbocycles. The highest BCUT2D eigenvalue weighted by atomic mass is 16.3. The summed E-state index contributed by atoms with van der Waals surface area (Å²) in [4.78, 5) is 0. The Bertz CT molecular complexity index is 259. The van der Waals surface area contributed by atoms with Crippen molar-refractivity contribution in [2.75, 3.05) is 0 Å². The molecule has 0 aliphatic carbocycles. The van der Waals surface area contributed by atoms with Crippen molar-refractivity contribution in [2.45, 2.75) is 19.2 Å². The fourth-order valence-corrected chi connectivity index (χ4v) is 1.44. The quantitative estimate of drug-likeness (QED) is 0.567. The molecule has 2 heteroatoms. The zero-order valence-corrected chi connectivity index (χ0v) is 6.25. The van der Waals surface area contributed by atoms with E-state index >= 15 is 0 Å². The van der Waals surface area contributed by atoms with Gasteiger partial charge < -0.3 is 5.11 Å². The fourth-order valence-electron chi connectivity index (χ4n) is 1.44. The van der Waals surface area contributed by atoms with E-state index in [-0.39, 0.29) is 6.23 Å². The Labute approximate surface area is 65.9 Å². The Morgan fingerprint density at radius 2 is 2.00 bits per heavy atom. The van der Waals surface area contributed by atoms with Crippen LogP contribution in [0.15, 0.2) is 24.3 Å². The van der Waals surface area contributed by atoms with Crippen LogP contribution in [-0.4, -0.2) is 11.3 Å². The lowest BCUT2D eigenvalue weighted by atomic mass is 10.0. The second-order valence-corrected chi connectivity index (χ2v) is 2.87. The summed E-state index contributed by atoms with van der Waals surface area (Å²) in [6, 6.07) is 8.20. The Hall–Kier alpha value is -0.860. The number of hydrogen-bond donors (Lipinski definition) is 2. The summed E-state index contributed by atoms with van der Waals surface area (Å²) in [6.07, 6.45) is 0.376. The van der Waals surface area contributed by atoms with E-state index in [1.54, 1.807) is 0 Å². The Balaban J connectivity index is 2.34. The number of nitrogens with one attached hydrogen (secondary N) is 1. The zero-order valence-electron chi connectivity index (χ0n) is 6.25. The topological polar surface area (TPSA) is 32.3 Å². The summed E-state index contributed by atoms with van der Waals surface area (Å²) in [5.74, 6) is 0. The molecule has 1 unspecified atom stereocenters. The second-order valence-electron chi connectivity index (χ2n) is 2.87. The molecule has 11 heavy (non-hydrogen) atoms.